The summed E-state index contributed by atoms with van der Waals surface area (Å²) in [6.07, 6.45) is 7.78. The molecule has 3 N–H and O–H groups in total. The molecular formula is C36H53N7O6S. The SMILES string of the molecule is Cc1cc(OCC[C@@H](C)C2CCN(c3nc(C(C)C)no3)CC2)cnc1N1C[C@H](N)[C@@H](N2CCCCC2=O)C1.Cc1ccc(S(=O)(=O)O)cc1. The number of pyridine rings is 1. The van der Waals surface area contributed by atoms with Crippen LogP contribution in [-0.4, -0.2) is 90.3 Å². The lowest BCUT2D eigenvalue weighted by atomic mass is 9.84. The number of likely N-dealkylation sites (tertiary alicyclic amines) is 1. The fraction of sp³-hybridized carbons (Fsp3) is 0.611. The molecule has 3 fully saturated rings. The van der Waals surface area contributed by atoms with E-state index in [1.54, 1.807) is 12.1 Å². The normalized spacial score (nSPS) is 21.0. The molecule has 0 bridgehead atoms. The van der Waals surface area contributed by atoms with Crippen LogP contribution in [0.5, 0.6) is 5.75 Å². The molecule has 14 heteroatoms. The van der Waals surface area contributed by atoms with Gasteiger partial charge in [0.05, 0.1) is 23.7 Å². The number of rotatable bonds is 10. The number of hydrogen-bond acceptors (Lipinski definition) is 11. The van der Waals surface area contributed by atoms with Gasteiger partial charge >= 0.3 is 6.01 Å². The number of nitrogens with zero attached hydrogens (tertiary/aromatic N) is 6. The van der Waals surface area contributed by atoms with E-state index in [2.05, 4.69) is 53.7 Å². The second-order valence-corrected chi connectivity index (χ2v) is 15.7. The maximum absolute atomic E-state index is 12.4. The fourth-order valence-corrected chi connectivity index (χ4v) is 7.48. The van der Waals surface area contributed by atoms with Crippen molar-refractivity contribution < 1.29 is 27.0 Å². The first-order valence-electron chi connectivity index (χ1n) is 17.8. The summed E-state index contributed by atoms with van der Waals surface area (Å²) in [6, 6.07) is 8.73. The first-order valence-corrected chi connectivity index (χ1v) is 19.3. The van der Waals surface area contributed by atoms with Crippen molar-refractivity contribution in [1.82, 2.24) is 20.0 Å². The van der Waals surface area contributed by atoms with Gasteiger partial charge < -0.3 is 29.7 Å². The molecule has 0 saturated carbocycles. The van der Waals surface area contributed by atoms with Gasteiger partial charge in [0, 0.05) is 51.1 Å². The number of aromatic nitrogens is 3. The molecule has 6 rings (SSSR count). The van der Waals surface area contributed by atoms with Crippen molar-refractivity contribution in [3.8, 4) is 5.75 Å². The maximum Gasteiger partial charge on any atom is 0.324 e. The van der Waals surface area contributed by atoms with Crippen LogP contribution in [0.15, 0.2) is 45.9 Å². The minimum atomic E-state index is -4.02. The summed E-state index contributed by atoms with van der Waals surface area (Å²) in [7, 11) is -4.02. The van der Waals surface area contributed by atoms with Crippen molar-refractivity contribution >= 4 is 27.9 Å². The number of carbonyl (C=O) groups excluding carboxylic acids is 1. The minimum Gasteiger partial charge on any atom is -0.492 e. The third-order valence-corrected chi connectivity index (χ3v) is 11.0. The van der Waals surface area contributed by atoms with E-state index in [1.807, 2.05) is 18.0 Å². The number of nitrogens with two attached hydrogens (primary N) is 1. The van der Waals surface area contributed by atoms with Gasteiger partial charge in [-0.15, -0.1) is 0 Å². The number of benzene rings is 1. The zero-order valence-corrected chi connectivity index (χ0v) is 30.8. The predicted octanol–water partition coefficient (Wildman–Crippen LogP) is 4.99. The van der Waals surface area contributed by atoms with E-state index in [-0.39, 0.29) is 28.8 Å². The van der Waals surface area contributed by atoms with E-state index in [4.69, 9.17) is 24.5 Å². The highest BCUT2D eigenvalue weighted by Gasteiger charge is 2.38. The summed E-state index contributed by atoms with van der Waals surface area (Å²) in [6.45, 7) is 15.3. The second-order valence-electron chi connectivity index (χ2n) is 14.3. The molecule has 2 aromatic heterocycles. The largest absolute Gasteiger partial charge is 0.492 e. The zero-order chi connectivity index (χ0) is 36.0. The van der Waals surface area contributed by atoms with E-state index in [1.165, 1.54) is 12.1 Å². The predicted molar refractivity (Wildman–Crippen MR) is 192 cm³/mol. The quantitative estimate of drug-likeness (QED) is 0.271. The molecule has 13 nitrogen and oxygen atoms in total. The second kappa shape index (κ2) is 16.5. The lowest BCUT2D eigenvalue weighted by Gasteiger charge is -2.34. The Morgan fingerprint density at radius 1 is 1.04 bits per heavy atom. The van der Waals surface area contributed by atoms with Crippen LogP contribution in [0.25, 0.3) is 0 Å². The number of ether oxygens (including phenoxy) is 1. The number of amides is 1. The molecule has 1 aromatic carbocycles. The molecule has 3 atom stereocenters. The van der Waals surface area contributed by atoms with Crippen LogP contribution in [-0.2, 0) is 14.9 Å². The van der Waals surface area contributed by atoms with E-state index in [9.17, 15) is 13.2 Å². The molecule has 3 aliphatic rings. The summed E-state index contributed by atoms with van der Waals surface area (Å²) in [5, 5.41) is 4.11. The van der Waals surface area contributed by atoms with Crippen molar-refractivity contribution in [2.75, 3.05) is 49.1 Å². The molecule has 3 aliphatic heterocycles. The molecule has 0 unspecified atom stereocenters. The highest BCUT2D eigenvalue weighted by molar-refractivity contribution is 7.85. The van der Waals surface area contributed by atoms with Crippen LogP contribution in [0, 0.1) is 25.7 Å². The van der Waals surface area contributed by atoms with E-state index in [0.29, 0.717) is 37.4 Å². The molecule has 1 amide bonds. The standard InChI is InChI=1S/C29H45N7O3.C7H8O3S/c1-19(2)27-32-29(39-33-27)34-12-8-22(9-13-34)20(3)10-14-38-23-15-21(4)28(31-16-23)35-17-24(30)25(18-35)36-11-6-5-7-26(36)37;1-6-2-4-7(5-3-6)11(8,9)10/h15-16,19-20,22,24-25H,5-14,17-18,30H2,1-4H3;2-5H,1H3,(H,8,9,10)/t20-,24+,25+;/m1./s1. The number of hydrogen-bond donors (Lipinski definition) is 2. The van der Waals surface area contributed by atoms with Gasteiger partial charge in [0.2, 0.25) is 5.91 Å². The van der Waals surface area contributed by atoms with Crippen molar-refractivity contribution in [1.29, 1.82) is 0 Å². The zero-order valence-electron chi connectivity index (χ0n) is 30.0. The van der Waals surface area contributed by atoms with Gasteiger partial charge in [0.1, 0.15) is 11.6 Å². The van der Waals surface area contributed by atoms with Gasteiger partial charge in [-0.2, -0.15) is 13.4 Å². The number of piperidine rings is 2. The van der Waals surface area contributed by atoms with E-state index in [0.717, 1.165) is 86.8 Å². The molecule has 3 aromatic rings. The Hall–Kier alpha value is -3.75. The summed E-state index contributed by atoms with van der Waals surface area (Å²) in [5.74, 6) is 4.28. The topological polar surface area (TPSA) is 168 Å². The third kappa shape index (κ3) is 9.52. The lowest BCUT2D eigenvalue weighted by Crippen LogP contribution is -2.51. The molecule has 3 saturated heterocycles. The van der Waals surface area contributed by atoms with Gasteiger partial charge in [0.15, 0.2) is 5.82 Å². The first-order chi connectivity index (χ1) is 23.8. The summed E-state index contributed by atoms with van der Waals surface area (Å²) < 4.78 is 41.2. The smallest absolute Gasteiger partial charge is 0.324 e. The molecule has 0 radical (unpaired) electrons. The Labute approximate surface area is 296 Å². The highest BCUT2D eigenvalue weighted by Crippen LogP contribution is 2.31. The van der Waals surface area contributed by atoms with Crippen LogP contribution >= 0.6 is 0 Å². The molecular weight excluding hydrogens is 659 g/mol. The van der Waals surface area contributed by atoms with E-state index >= 15 is 0 Å². The summed E-state index contributed by atoms with van der Waals surface area (Å²) in [4.78, 5) is 28.1. The van der Waals surface area contributed by atoms with Gasteiger partial charge in [-0.25, -0.2) is 4.98 Å². The van der Waals surface area contributed by atoms with Crippen molar-refractivity contribution in [2.45, 2.75) is 96.0 Å². The Kier molecular flexibility index (Phi) is 12.4. The molecule has 50 heavy (non-hydrogen) atoms. The lowest BCUT2D eigenvalue weighted by molar-refractivity contribution is -0.135. The Morgan fingerprint density at radius 2 is 1.76 bits per heavy atom. The maximum atomic E-state index is 12.4. The monoisotopic (exact) mass is 711 g/mol. The van der Waals surface area contributed by atoms with Crippen LogP contribution in [0.1, 0.15) is 82.2 Å². The van der Waals surface area contributed by atoms with Crippen LogP contribution in [0.2, 0.25) is 0 Å². The number of carbonyl (C=O) groups is 1. The van der Waals surface area contributed by atoms with Gasteiger partial charge in [-0.3, -0.25) is 9.35 Å². The number of aryl methyl sites for hydroxylation is 2. The average Bonchev–Trinajstić information content (AvgIpc) is 3.73. The summed E-state index contributed by atoms with van der Waals surface area (Å²) >= 11 is 0. The van der Waals surface area contributed by atoms with Crippen LogP contribution < -0.4 is 20.3 Å². The van der Waals surface area contributed by atoms with Gasteiger partial charge in [0.25, 0.3) is 10.1 Å². The van der Waals surface area contributed by atoms with Gasteiger partial charge in [-0.05, 0) is 81.5 Å². The fourth-order valence-electron chi connectivity index (χ4n) is 7.00. The Balaban J connectivity index is 0.000000377. The molecule has 274 valence electrons. The Morgan fingerprint density at radius 3 is 2.38 bits per heavy atom. The number of anilines is 2. The molecule has 0 spiro atoms. The van der Waals surface area contributed by atoms with Crippen LogP contribution in [0.4, 0.5) is 11.8 Å². The minimum absolute atomic E-state index is 0.0537. The first kappa shape index (κ1) is 37.5. The average molecular weight is 712 g/mol. The van der Waals surface area contributed by atoms with Crippen LogP contribution in [0.3, 0.4) is 0 Å². The molecule has 5 heterocycles. The van der Waals surface area contributed by atoms with Crippen molar-refractivity contribution in [2.24, 2.45) is 17.6 Å². The summed E-state index contributed by atoms with van der Waals surface area (Å²) in [5.41, 5.74) is 8.52. The Bertz CT molecular complexity index is 1670. The third-order valence-electron chi connectivity index (χ3n) is 10.1. The van der Waals surface area contributed by atoms with Crippen molar-refractivity contribution in [3.63, 3.8) is 0 Å². The highest BCUT2D eigenvalue weighted by atomic mass is 32.2. The molecule has 0 aliphatic carbocycles. The van der Waals surface area contributed by atoms with Crippen molar-refractivity contribution in [3.05, 3.63) is 53.5 Å². The van der Waals surface area contributed by atoms with E-state index < -0.39 is 10.1 Å². The van der Waals surface area contributed by atoms with Gasteiger partial charge in [-0.1, -0.05) is 43.6 Å².